The molecule has 0 fully saturated rings. The van der Waals surface area contributed by atoms with E-state index in [0.29, 0.717) is 17.8 Å². The van der Waals surface area contributed by atoms with Crippen LogP contribution >= 0.6 is 0 Å². The van der Waals surface area contributed by atoms with Crippen LogP contribution < -0.4 is 9.47 Å². The van der Waals surface area contributed by atoms with Crippen LogP contribution in [0.3, 0.4) is 0 Å². The quantitative estimate of drug-likeness (QED) is 0.689. The van der Waals surface area contributed by atoms with Crippen molar-refractivity contribution in [1.29, 1.82) is 0 Å². The van der Waals surface area contributed by atoms with E-state index in [4.69, 9.17) is 9.47 Å². The zero-order valence-corrected chi connectivity index (χ0v) is 12.2. The average molecular weight is 306 g/mol. The molecule has 3 aromatic rings. The first kappa shape index (κ1) is 14.7. The molecular weight excluding hydrogens is 292 g/mol. The second-order valence-electron chi connectivity index (χ2n) is 4.80. The summed E-state index contributed by atoms with van der Waals surface area (Å²) in [6.45, 7) is 0. The Morgan fingerprint density at radius 1 is 0.739 bits per heavy atom. The van der Waals surface area contributed by atoms with E-state index in [-0.39, 0.29) is 22.8 Å². The lowest BCUT2D eigenvalue weighted by atomic mass is 10.1. The van der Waals surface area contributed by atoms with Gasteiger partial charge < -0.3 is 14.6 Å². The topological polar surface area (TPSA) is 55.8 Å². The van der Waals surface area contributed by atoms with Gasteiger partial charge in [-0.2, -0.15) is 0 Å². The molecule has 0 aliphatic heterocycles. The maximum atomic E-state index is 11.5. The molecule has 0 atom stereocenters. The number of carbonyl (C=O) groups is 1. The first-order valence-electron chi connectivity index (χ1n) is 7.04. The van der Waals surface area contributed by atoms with Gasteiger partial charge in [-0.05, 0) is 24.3 Å². The monoisotopic (exact) mass is 306 g/mol. The molecule has 3 rings (SSSR count). The van der Waals surface area contributed by atoms with Crippen molar-refractivity contribution in [3.63, 3.8) is 0 Å². The SMILES string of the molecule is O=Cc1c(Oc2ccccc2)cc(O)cc1Oc1ccccc1. The molecule has 0 aliphatic rings. The van der Waals surface area contributed by atoms with Crippen LogP contribution in [0.25, 0.3) is 0 Å². The zero-order valence-electron chi connectivity index (χ0n) is 12.2. The highest BCUT2D eigenvalue weighted by molar-refractivity contribution is 5.85. The number of para-hydroxylation sites is 2. The summed E-state index contributed by atoms with van der Waals surface area (Å²) in [4.78, 5) is 11.5. The van der Waals surface area contributed by atoms with Crippen LogP contribution in [-0.2, 0) is 0 Å². The summed E-state index contributed by atoms with van der Waals surface area (Å²) < 4.78 is 11.4. The van der Waals surface area contributed by atoms with Gasteiger partial charge in [-0.25, -0.2) is 0 Å². The number of aromatic hydroxyl groups is 1. The van der Waals surface area contributed by atoms with Crippen molar-refractivity contribution in [2.45, 2.75) is 0 Å². The molecule has 4 heteroatoms. The van der Waals surface area contributed by atoms with Gasteiger partial charge in [0.2, 0.25) is 0 Å². The van der Waals surface area contributed by atoms with Gasteiger partial charge in [0.15, 0.2) is 6.29 Å². The van der Waals surface area contributed by atoms with Gasteiger partial charge >= 0.3 is 0 Å². The lowest BCUT2D eigenvalue weighted by Crippen LogP contribution is -1.95. The molecule has 0 radical (unpaired) electrons. The summed E-state index contributed by atoms with van der Waals surface area (Å²) in [7, 11) is 0. The van der Waals surface area contributed by atoms with Crippen molar-refractivity contribution in [3.05, 3.63) is 78.4 Å². The number of aldehydes is 1. The fraction of sp³-hybridized carbons (Fsp3) is 0. The third-order valence-corrected chi connectivity index (χ3v) is 3.15. The van der Waals surface area contributed by atoms with Gasteiger partial charge in [-0.3, -0.25) is 4.79 Å². The second-order valence-corrected chi connectivity index (χ2v) is 4.80. The highest BCUT2D eigenvalue weighted by Gasteiger charge is 2.14. The molecule has 1 N–H and O–H groups in total. The largest absolute Gasteiger partial charge is 0.508 e. The van der Waals surface area contributed by atoms with E-state index >= 15 is 0 Å². The minimum absolute atomic E-state index is 0.0486. The van der Waals surface area contributed by atoms with E-state index in [0.717, 1.165) is 0 Å². The fourth-order valence-electron chi connectivity index (χ4n) is 2.10. The van der Waals surface area contributed by atoms with Crippen molar-refractivity contribution in [2.75, 3.05) is 0 Å². The maximum Gasteiger partial charge on any atom is 0.157 e. The summed E-state index contributed by atoms with van der Waals surface area (Å²) in [5.41, 5.74) is 0.232. The molecule has 0 amide bonds. The number of carbonyl (C=O) groups excluding carboxylic acids is 1. The Morgan fingerprint density at radius 2 is 1.17 bits per heavy atom. The first-order valence-corrected chi connectivity index (χ1v) is 7.04. The molecule has 4 nitrogen and oxygen atoms in total. The molecule has 23 heavy (non-hydrogen) atoms. The molecule has 114 valence electrons. The Kier molecular flexibility index (Phi) is 4.25. The third-order valence-electron chi connectivity index (χ3n) is 3.15. The molecule has 0 saturated heterocycles. The molecule has 0 heterocycles. The van der Waals surface area contributed by atoms with Gasteiger partial charge in [0.1, 0.15) is 28.7 Å². The minimum Gasteiger partial charge on any atom is -0.508 e. The van der Waals surface area contributed by atoms with E-state index in [9.17, 15) is 9.90 Å². The zero-order chi connectivity index (χ0) is 16.1. The van der Waals surface area contributed by atoms with Crippen LogP contribution in [0.5, 0.6) is 28.7 Å². The second kappa shape index (κ2) is 6.66. The molecule has 0 unspecified atom stereocenters. The van der Waals surface area contributed by atoms with Crippen molar-refractivity contribution in [3.8, 4) is 28.7 Å². The number of hydrogen-bond acceptors (Lipinski definition) is 4. The molecule has 3 aromatic carbocycles. The highest BCUT2D eigenvalue weighted by atomic mass is 16.5. The van der Waals surface area contributed by atoms with Crippen LogP contribution in [0.15, 0.2) is 72.8 Å². The Balaban J connectivity index is 1.98. The van der Waals surface area contributed by atoms with Crippen LogP contribution in [0.1, 0.15) is 10.4 Å². The summed E-state index contributed by atoms with van der Waals surface area (Å²) in [5, 5.41) is 9.89. The van der Waals surface area contributed by atoms with Crippen LogP contribution in [-0.4, -0.2) is 11.4 Å². The lowest BCUT2D eigenvalue weighted by Gasteiger charge is -2.13. The molecule has 0 saturated carbocycles. The normalized spacial score (nSPS) is 10.1. The predicted molar refractivity (Wildman–Crippen MR) is 86.5 cm³/mol. The number of phenols is 1. The Morgan fingerprint density at radius 3 is 1.57 bits per heavy atom. The summed E-state index contributed by atoms with van der Waals surface area (Å²) in [5.74, 6) is 1.54. The van der Waals surface area contributed by atoms with E-state index in [1.54, 1.807) is 24.3 Å². The Bertz CT molecular complexity index is 736. The van der Waals surface area contributed by atoms with Crippen molar-refractivity contribution >= 4 is 6.29 Å². The lowest BCUT2D eigenvalue weighted by molar-refractivity contribution is 0.111. The number of rotatable bonds is 5. The maximum absolute atomic E-state index is 11.5. The summed E-state index contributed by atoms with van der Waals surface area (Å²) in [6, 6.07) is 20.8. The first-order chi connectivity index (χ1) is 11.3. The number of ether oxygens (including phenoxy) is 2. The van der Waals surface area contributed by atoms with Gasteiger partial charge in [0.05, 0.1) is 5.56 Å². The highest BCUT2D eigenvalue weighted by Crippen LogP contribution is 2.37. The van der Waals surface area contributed by atoms with Crippen molar-refractivity contribution in [2.24, 2.45) is 0 Å². The van der Waals surface area contributed by atoms with Crippen LogP contribution in [0.4, 0.5) is 0 Å². The Hall–Kier alpha value is -3.27. The average Bonchev–Trinajstić information content (AvgIpc) is 2.56. The van der Waals surface area contributed by atoms with Gasteiger partial charge in [-0.1, -0.05) is 36.4 Å². The molecule has 0 aromatic heterocycles. The van der Waals surface area contributed by atoms with E-state index in [2.05, 4.69) is 0 Å². The smallest absolute Gasteiger partial charge is 0.157 e. The van der Waals surface area contributed by atoms with Gasteiger partial charge in [0.25, 0.3) is 0 Å². The molecule has 0 aliphatic carbocycles. The van der Waals surface area contributed by atoms with Crippen LogP contribution in [0, 0.1) is 0 Å². The molecule has 0 spiro atoms. The third kappa shape index (κ3) is 3.49. The predicted octanol–water partition coefficient (Wildman–Crippen LogP) is 4.79. The van der Waals surface area contributed by atoms with E-state index < -0.39 is 0 Å². The Labute approximate surface area is 133 Å². The number of phenolic OH excluding ortho intramolecular Hbond substituents is 1. The fourth-order valence-corrected chi connectivity index (χ4v) is 2.10. The molecular formula is C19H14O4. The van der Waals surface area contributed by atoms with E-state index in [1.807, 2.05) is 36.4 Å². The standard InChI is InChI=1S/C19H14O4/c20-13-17-18(22-15-7-3-1-4-8-15)11-14(21)12-19(17)23-16-9-5-2-6-10-16/h1-13,21H. The van der Waals surface area contributed by atoms with E-state index in [1.165, 1.54) is 12.1 Å². The summed E-state index contributed by atoms with van der Waals surface area (Å²) in [6.07, 6.45) is 0.649. The number of hydrogen-bond donors (Lipinski definition) is 1. The summed E-state index contributed by atoms with van der Waals surface area (Å²) >= 11 is 0. The van der Waals surface area contributed by atoms with Gasteiger partial charge in [0, 0.05) is 12.1 Å². The number of benzene rings is 3. The van der Waals surface area contributed by atoms with Gasteiger partial charge in [-0.15, -0.1) is 0 Å². The molecule has 0 bridgehead atoms. The van der Waals surface area contributed by atoms with Crippen molar-refractivity contribution in [1.82, 2.24) is 0 Å². The van der Waals surface area contributed by atoms with Crippen LogP contribution in [0.2, 0.25) is 0 Å². The van der Waals surface area contributed by atoms with Crippen molar-refractivity contribution < 1.29 is 19.4 Å². The minimum atomic E-state index is -0.0486.